The summed E-state index contributed by atoms with van der Waals surface area (Å²) in [4.78, 5) is 14.1. The lowest BCUT2D eigenvalue weighted by atomic mass is 10.1. The number of carbonyl (C=O) groups excluding carboxylic acids is 1. The molecule has 1 fully saturated rings. The number of amides is 1. The first kappa shape index (κ1) is 14.5. The summed E-state index contributed by atoms with van der Waals surface area (Å²) < 4.78 is 0. The number of nitrogens with one attached hydrogen (secondary N) is 1. The van der Waals surface area contributed by atoms with Crippen molar-refractivity contribution in [3.05, 3.63) is 0 Å². The topological polar surface area (TPSA) is 58.4 Å². The summed E-state index contributed by atoms with van der Waals surface area (Å²) in [5.74, 6) is 1.25. The van der Waals surface area contributed by atoms with Crippen molar-refractivity contribution in [2.24, 2.45) is 17.6 Å². The first-order valence-electron chi connectivity index (χ1n) is 6.69. The van der Waals surface area contributed by atoms with Gasteiger partial charge in [-0.05, 0) is 25.2 Å². The van der Waals surface area contributed by atoms with Crippen LogP contribution in [0.25, 0.3) is 0 Å². The maximum Gasteiger partial charge on any atom is 0.237 e. The van der Waals surface area contributed by atoms with Crippen LogP contribution in [0.2, 0.25) is 0 Å². The number of nitrogens with zero attached hydrogens (tertiary/aromatic N) is 1. The molecule has 3 atom stereocenters. The molecule has 1 heterocycles. The lowest BCUT2D eigenvalue weighted by Crippen LogP contribution is -2.45. The van der Waals surface area contributed by atoms with Gasteiger partial charge in [-0.2, -0.15) is 0 Å². The molecule has 0 radical (unpaired) electrons. The van der Waals surface area contributed by atoms with E-state index < -0.39 is 0 Å². The van der Waals surface area contributed by atoms with E-state index >= 15 is 0 Å². The summed E-state index contributed by atoms with van der Waals surface area (Å²) in [6, 6.07) is 0.152. The quantitative estimate of drug-likeness (QED) is 0.749. The van der Waals surface area contributed by atoms with Gasteiger partial charge in [0.15, 0.2) is 0 Å². The first-order chi connectivity index (χ1) is 7.91. The van der Waals surface area contributed by atoms with Crippen molar-refractivity contribution >= 4 is 5.91 Å². The minimum absolute atomic E-state index is 0.0573. The van der Waals surface area contributed by atoms with Gasteiger partial charge in [-0.3, -0.25) is 9.69 Å². The second-order valence-corrected chi connectivity index (χ2v) is 5.74. The van der Waals surface area contributed by atoms with E-state index in [1.54, 1.807) is 0 Å². The molecule has 0 aliphatic carbocycles. The SMILES string of the molecule is CC(C)CCNC(=O)C(C)N1CC(C)C(N)C1. The zero-order valence-electron chi connectivity index (χ0n) is 11.6. The van der Waals surface area contributed by atoms with Gasteiger partial charge in [0, 0.05) is 25.7 Å². The van der Waals surface area contributed by atoms with E-state index in [1.807, 2.05) is 6.92 Å². The molecule has 1 saturated heterocycles. The summed E-state index contributed by atoms with van der Waals surface area (Å²) in [5.41, 5.74) is 5.97. The zero-order chi connectivity index (χ0) is 13.0. The van der Waals surface area contributed by atoms with Crippen LogP contribution in [-0.4, -0.2) is 42.5 Å². The van der Waals surface area contributed by atoms with Crippen molar-refractivity contribution in [3.8, 4) is 0 Å². The van der Waals surface area contributed by atoms with Gasteiger partial charge in [-0.15, -0.1) is 0 Å². The van der Waals surface area contributed by atoms with E-state index in [2.05, 4.69) is 31.0 Å². The Labute approximate surface area is 105 Å². The molecule has 0 aromatic rings. The molecule has 0 spiro atoms. The van der Waals surface area contributed by atoms with Crippen LogP contribution < -0.4 is 11.1 Å². The predicted octanol–water partition coefficient (Wildman–Crippen LogP) is 0.816. The molecule has 4 nitrogen and oxygen atoms in total. The molecule has 3 unspecified atom stereocenters. The van der Waals surface area contributed by atoms with E-state index in [4.69, 9.17) is 5.73 Å². The van der Waals surface area contributed by atoms with Gasteiger partial charge in [0.25, 0.3) is 0 Å². The van der Waals surface area contributed by atoms with Crippen LogP contribution in [0.3, 0.4) is 0 Å². The van der Waals surface area contributed by atoms with E-state index in [9.17, 15) is 4.79 Å². The smallest absolute Gasteiger partial charge is 0.237 e. The number of rotatable bonds is 5. The highest BCUT2D eigenvalue weighted by Crippen LogP contribution is 2.17. The maximum atomic E-state index is 11.9. The lowest BCUT2D eigenvalue weighted by Gasteiger charge is -2.23. The Morgan fingerprint density at radius 3 is 2.53 bits per heavy atom. The molecule has 3 N–H and O–H groups in total. The molecular formula is C13H27N3O. The van der Waals surface area contributed by atoms with Crippen LogP contribution in [0.4, 0.5) is 0 Å². The van der Waals surface area contributed by atoms with Gasteiger partial charge in [-0.25, -0.2) is 0 Å². The second-order valence-electron chi connectivity index (χ2n) is 5.74. The average Bonchev–Trinajstić information content (AvgIpc) is 2.57. The van der Waals surface area contributed by atoms with Crippen LogP contribution in [-0.2, 0) is 4.79 Å². The van der Waals surface area contributed by atoms with Crippen LogP contribution in [0, 0.1) is 11.8 Å². The fraction of sp³-hybridized carbons (Fsp3) is 0.923. The highest BCUT2D eigenvalue weighted by atomic mass is 16.2. The molecule has 0 saturated carbocycles. The number of likely N-dealkylation sites (tertiary alicyclic amines) is 1. The second kappa shape index (κ2) is 6.36. The number of nitrogens with two attached hydrogens (primary N) is 1. The van der Waals surface area contributed by atoms with E-state index in [0.29, 0.717) is 11.8 Å². The normalized spacial score (nSPS) is 27.4. The van der Waals surface area contributed by atoms with Crippen LogP contribution in [0.1, 0.15) is 34.1 Å². The largest absolute Gasteiger partial charge is 0.355 e. The highest BCUT2D eigenvalue weighted by Gasteiger charge is 2.32. The summed E-state index contributed by atoms with van der Waals surface area (Å²) in [6.07, 6.45) is 1.04. The molecular weight excluding hydrogens is 214 g/mol. The Kier molecular flexibility index (Phi) is 5.40. The molecule has 1 aliphatic rings. The maximum absolute atomic E-state index is 11.9. The molecule has 4 heteroatoms. The predicted molar refractivity (Wildman–Crippen MR) is 70.6 cm³/mol. The van der Waals surface area contributed by atoms with Gasteiger partial charge in [0.1, 0.15) is 0 Å². The Balaban J connectivity index is 2.32. The third-order valence-electron chi connectivity index (χ3n) is 3.65. The fourth-order valence-corrected chi connectivity index (χ4v) is 2.14. The highest BCUT2D eigenvalue weighted by molar-refractivity contribution is 5.81. The van der Waals surface area contributed by atoms with E-state index in [0.717, 1.165) is 26.1 Å². The molecule has 1 aliphatic heterocycles. The zero-order valence-corrected chi connectivity index (χ0v) is 11.6. The minimum atomic E-state index is -0.0573. The monoisotopic (exact) mass is 241 g/mol. The Bertz CT molecular complexity index is 245. The third kappa shape index (κ3) is 4.28. The van der Waals surface area contributed by atoms with Crippen molar-refractivity contribution in [2.75, 3.05) is 19.6 Å². The molecule has 1 amide bonds. The van der Waals surface area contributed by atoms with Crippen LogP contribution in [0.15, 0.2) is 0 Å². The summed E-state index contributed by atoms with van der Waals surface area (Å²) in [5, 5.41) is 3.00. The number of hydrogen-bond acceptors (Lipinski definition) is 3. The lowest BCUT2D eigenvalue weighted by molar-refractivity contribution is -0.125. The van der Waals surface area contributed by atoms with Gasteiger partial charge in [0.05, 0.1) is 6.04 Å². The Hall–Kier alpha value is -0.610. The number of carbonyl (C=O) groups is 1. The van der Waals surface area contributed by atoms with Crippen molar-refractivity contribution < 1.29 is 4.79 Å². The average molecular weight is 241 g/mol. The van der Waals surface area contributed by atoms with Gasteiger partial charge in [-0.1, -0.05) is 20.8 Å². The molecule has 0 bridgehead atoms. The van der Waals surface area contributed by atoms with Gasteiger partial charge >= 0.3 is 0 Å². The third-order valence-corrected chi connectivity index (χ3v) is 3.65. The Morgan fingerprint density at radius 2 is 2.06 bits per heavy atom. The van der Waals surface area contributed by atoms with Gasteiger partial charge < -0.3 is 11.1 Å². The summed E-state index contributed by atoms with van der Waals surface area (Å²) >= 11 is 0. The summed E-state index contributed by atoms with van der Waals surface area (Å²) in [7, 11) is 0. The van der Waals surface area contributed by atoms with Crippen LogP contribution >= 0.6 is 0 Å². The van der Waals surface area contributed by atoms with Crippen molar-refractivity contribution in [3.63, 3.8) is 0 Å². The molecule has 100 valence electrons. The Morgan fingerprint density at radius 1 is 1.41 bits per heavy atom. The fourth-order valence-electron chi connectivity index (χ4n) is 2.14. The van der Waals surface area contributed by atoms with Crippen molar-refractivity contribution in [1.82, 2.24) is 10.2 Å². The molecule has 17 heavy (non-hydrogen) atoms. The number of hydrogen-bond donors (Lipinski definition) is 2. The van der Waals surface area contributed by atoms with Crippen LogP contribution in [0.5, 0.6) is 0 Å². The standard InChI is InChI=1S/C13H27N3O/c1-9(2)5-6-15-13(17)11(4)16-7-10(3)12(14)8-16/h9-12H,5-8,14H2,1-4H3,(H,15,17). The van der Waals surface area contributed by atoms with Crippen molar-refractivity contribution in [2.45, 2.75) is 46.2 Å². The van der Waals surface area contributed by atoms with Gasteiger partial charge in [0.2, 0.25) is 5.91 Å². The molecule has 0 aromatic carbocycles. The summed E-state index contributed by atoms with van der Waals surface area (Å²) in [6.45, 7) is 11.0. The first-order valence-corrected chi connectivity index (χ1v) is 6.69. The van der Waals surface area contributed by atoms with E-state index in [-0.39, 0.29) is 18.0 Å². The van der Waals surface area contributed by atoms with Crippen molar-refractivity contribution in [1.29, 1.82) is 0 Å². The molecule has 0 aromatic heterocycles. The molecule has 1 rings (SSSR count). The minimum Gasteiger partial charge on any atom is -0.355 e. The van der Waals surface area contributed by atoms with E-state index in [1.165, 1.54) is 0 Å².